The molecule has 2 atom stereocenters. The summed E-state index contributed by atoms with van der Waals surface area (Å²) in [5.41, 5.74) is 5.75. The summed E-state index contributed by atoms with van der Waals surface area (Å²) in [7, 11) is 3.73. The largest absolute Gasteiger partial charge is 0.444 e. The molecule has 0 aliphatic rings. The van der Waals surface area contributed by atoms with Crippen LogP contribution in [-0.4, -0.2) is 50.6 Å². The lowest BCUT2D eigenvalue weighted by molar-refractivity contribution is 0.0167. The summed E-state index contributed by atoms with van der Waals surface area (Å²) in [6.07, 6.45) is 3.36. The number of amides is 1. The van der Waals surface area contributed by atoms with Gasteiger partial charge >= 0.3 is 6.09 Å². The molecule has 41 heavy (non-hydrogen) atoms. The summed E-state index contributed by atoms with van der Waals surface area (Å²) in [5.74, 6) is 2.27. The third-order valence-electron chi connectivity index (χ3n) is 7.20. The molecule has 4 rings (SSSR count). The van der Waals surface area contributed by atoms with Crippen LogP contribution in [0.3, 0.4) is 0 Å². The molecule has 218 valence electrons. The highest BCUT2D eigenvalue weighted by Crippen LogP contribution is 2.31. The van der Waals surface area contributed by atoms with E-state index in [1.54, 1.807) is 11.9 Å². The summed E-state index contributed by atoms with van der Waals surface area (Å²) in [4.78, 5) is 30.5. The minimum Gasteiger partial charge on any atom is -0.444 e. The SMILES string of the molecule is CN[C@H](c1ncc(-c2ccc(-c3ccc(-c4cnc([C@H](C(C)C)N(C)C(=O)OC(C)(C)C)[nH]4)cc3)cc2)[nH]1)C(C)C. The van der Waals surface area contributed by atoms with E-state index in [0.29, 0.717) is 5.92 Å². The van der Waals surface area contributed by atoms with E-state index < -0.39 is 5.60 Å². The second-order valence-corrected chi connectivity index (χ2v) is 12.3. The van der Waals surface area contributed by atoms with Gasteiger partial charge in [-0.2, -0.15) is 0 Å². The van der Waals surface area contributed by atoms with Crippen molar-refractivity contribution in [3.8, 4) is 33.6 Å². The van der Waals surface area contributed by atoms with Gasteiger partial charge in [-0.25, -0.2) is 14.8 Å². The van der Waals surface area contributed by atoms with Gasteiger partial charge in [-0.15, -0.1) is 0 Å². The Balaban J connectivity index is 1.48. The topological polar surface area (TPSA) is 98.9 Å². The fourth-order valence-corrected chi connectivity index (χ4v) is 5.14. The maximum atomic E-state index is 12.7. The monoisotopic (exact) mass is 556 g/mol. The highest BCUT2D eigenvalue weighted by molar-refractivity contribution is 5.72. The maximum Gasteiger partial charge on any atom is 0.410 e. The Hall–Kier alpha value is -3.91. The number of hydrogen-bond acceptors (Lipinski definition) is 5. The molecule has 8 nitrogen and oxygen atoms in total. The van der Waals surface area contributed by atoms with Crippen molar-refractivity contribution in [2.45, 2.75) is 66.2 Å². The minimum atomic E-state index is -0.560. The van der Waals surface area contributed by atoms with Crippen molar-refractivity contribution in [3.05, 3.63) is 72.6 Å². The number of benzene rings is 2. The van der Waals surface area contributed by atoms with Crippen LogP contribution in [0.5, 0.6) is 0 Å². The molecule has 0 bridgehead atoms. The van der Waals surface area contributed by atoms with Gasteiger partial charge < -0.3 is 24.9 Å². The van der Waals surface area contributed by atoms with Gasteiger partial charge in [-0.3, -0.25) is 0 Å². The Morgan fingerprint density at radius 2 is 1.22 bits per heavy atom. The minimum absolute atomic E-state index is 0.144. The van der Waals surface area contributed by atoms with Crippen molar-refractivity contribution in [2.75, 3.05) is 14.1 Å². The Morgan fingerprint density at radius 3 is 1.63 bits per heavy atom. The van der Waals surface area contributed by atoms with Crippen molar-refractivity contribution >= 4 is 6.09 Å². The summed E-state index contributed by atoms with van der Waals surface area (Å²) in [5, 5.41) is 3.34. The van der Waals surface area contributed by atoms with E-state index >= 15 is 0 Å². The zero-order chi connectivity index (χ0) is 29.9. The molecule has 0 fully saturated rings. The van der Waals surface area contributed by atoms with Gasteiger partial charge in [0, 0.05) is 7.05 Å². The number of ether oxygens (including phenoxy) is 1. The lowest BCUT2D eigenvalue weighted by Crippen LogP contribution is -2.38. The van der Waals surface area contributed by atoms with Gasteiger partial charge in [0.25, 0.3) is 0 Å². The number of H-pyrrole nitrogens is 2. The van der Waals surface area contributed by atoms with E-state index in [1.807, 2.05) is 40.2 Å². The van der Waals surface area contributed by atoms with Crippen LogP contribution in [0.2, 0.25) is 0 Å². The van der Waals surface area contributed by atoms with Crippen LogP contribution in [0, 0.1) is 11.8 Å². The molecule has 0 saturated heterocycles. The number of nitrogens with one attached hydrogen (secondary N) is 3. The molecule has 0 saturated carbocycles. The molecule has 3 N–H and O–H groups in total. The first-order chi connectivity index (χ1) is 19.4. The van der Waals surface area contributed by atoms with Crippen LogP contribution in [0.4, 0.5) is 4.79 Å². The number of rotatable bonds is 9. The third kappa shape index (κ3) is 7.06. The van der Waals surface area contributed by atoms with Crippen LogP contribution in [0.15, 0.2) is 60.9 Å². The fraction of sp³-hybridized carbons (Fsp3) is 0.424. The highest BCUT2D eigenvalue weighted by Gasteiger charge is 2.30. The molecule has 2 aromatic heterocycles. The molecular formula is C33H44N6O2. The molecule has 1 amide bonds. The molecule has 0 aliphatic carbocycles. The number of imidazole rings is 2. The maximum absolute atomic E-state index is 12.7. The van der Waals surface area contributed by atoms with E-state index in [4.69, 9.17) is 4.74 Å². The summed E-state index contributed by atoms with van der Waals surface area (Å²) >= 11 is 0. The second kappa shape index (κ2) is 12.3. The Kier molecular flexibility index (Phi) is 9.02. The van der Waals surface area contributed by atoms with E-state index in [2.05, 4.69) is 101 Å². The quantitative estimate of drug-likeness (QED) is 0.197. The first-order valence-corrected chi connectivity index (χ1v) is 14.3. The highest BCUT2D eigenvalue weighted by atomic mass is 16.6. The van der Waals surface area contributed by atoms with Gasteiger partial charge in [0.05, 0.1) is 35.9 Å². The van der Waals surface area contributed by atoms with Crippen LogP contribution in [0.25, 0.3) is 33.6 Å². The van der Waals surface area contributed by atoms with Gasteiger partial charge in [0.15, 0.2) is 0 Å². The molecule has 0 aliphatic heterocycles. The summed E-state index contributed by atoms with van der Waals surface area (Å²) in [6.45, 7) is 14.1. The summed E-state index contributed by atoms with van der Waals surface area (Å²) in [6, 6.07) is 16.9. The van der Waals surface area contributed by atoms with Crippen molar-refractivity contribution in [1.29, 1.82) is 0 Å². The molecule has 4 aromatic rings. The van der Waals surface area contributed by atoms with Crippen LogP contribution >= 0.6 is 0 Å². The standard InChI is InChI=1S/C33H44N6O2/c1-20(2)28(34-8)30-35-18-26(37-30)24-14-10-22(11-15-24)23-12-16-25(17-13-23)27-19-36-31(38-27)29(21(3)4)39(9)32(40)41-33(5,6)7/h10-21,28-29,34H,1-9H3,(H,35,37)(H,36,38)/t28-,29-/m0/s1. The first-order valence-electron chi connectivity index (χ1n) is 14.3. The zero-order valence-corrected chi connectivity index (χ0v) is 25.7. The number of hydrogen-bond donors (Lipinski definition) is 3. The summed E-state index contributed by atoms with van der Waals surface area (Å²) < 4.78 is 5.59. The van der Waals surface area contributed by atoms with Gasteiger partial charge in [0.2, 0.25) is 0 Å². The Bertz CT molecular complexity index is 1430. The average Bonchev–Trinajstić information content (AvgIpc) is 3.59. The lowest BCUT2D eigenvalue weighted by atomic mass is 10.0. The Morgan fingerprint density at radius 1 is 0.780 bits per heavy atom. The van der Waals surface area contributed by atoms with Gasteiger partial charge in [-0.05, 0) is 61.9 Å². The zero-order valence-electron chi connectivity index (χ0n) is 25.7. The van der Waals surface area contributed by atoms with Crippen LogP contribution in [0.1, 0.15) is 72.2 Å². The average molecular weight is 557 g/mol. The molecule has 0 spiro atoms. The molecular weight excluding hydrogens is 512 g/mol. The fourth-order valence-electron chi connectivity index (χ4n) is 5.14. The Labute approximate surface area is 244 Å². The lowest BCUT2D eigenvalue weighted by Gasteiger charge is -2.31. The van der Waals surface area contributed by atoms with Crippen molar-refractivity contribution in [1.82, 2.24) is 30.2 Å². The van der Waals surface area contributed by atoms with E-state index in [1.165, 1.54) is 0 Å². The van der Waals surface area contributed by atoms with Gasteiger partial charge in [0.1, 0.15) is 17.2 Å². The van der Waals surface area contributed by atoms with E-state index in [0.717, 1.165) is 45.3 Å². The molecule has 8 heteroatoms. The second-order valence-electron chi connectivity index (χ2n) is 12.3. The molecule has 2 heterocycles. The predicted molar refractivity (Wildman–Crippen MR) is 165 cm³/mol. The normalized spacial score (nSPS) is 13.4. The molecule has 0 unspecified atom stereocenters. The number of aromatic amines is 2. The van der Waals surface area contributed by atoms with Crippen molar-refractivity contribution < 1.29 is 9.53 Å². The molecule has 2 aromatic carbocycles. The number of aromatic nitrogens is 4. The predicted octanol–water partition coefficient (Wildman–Crippen LogP) is 7.61. The van der Waals surface area contributed by atoms with Crippen molar-refractivity contribution in [3.63, 3.8) is 0 Å². The van der Waals surface area contributed by atoms with Gasteiger partial charge in [-0.1, -0.05) is 76.2 Å². The molecule has 0 radical (unpaired) electrons. The first kappa shape index (κ1) is 30.1. The van der Waals surface area contributed by atoms with Crippen molar-refractivity contribution in [2.24, 2.45) is 11.8 Å². The third-order valence-corrected chi connectivity index (χ3v) is 7.20. The number of carbonyl (C=O) groups is 1. The number of carbonyl (C=O) groups excluding carboxylic acids is 1. The smallest absolute Gasteiger partial charge is 0.410 e. The number of nitrogens with zero attached hydrogens (tertiary/aromatic N) is 3. The van der Waals surface area contributed by atoms with Crippen LogP contribution < -0.4 is 5.32 Å². The van der Waals surface area contributed by atoms with E-state index in [9.17, 15) is 4.79 Å². The van der Waals surface area contributed by atoms with E-state index in [-0.39, 0.29) is 24.1 Å². The van der Waals surface area contributed by atoms with Crippen LogP contribution in [-0.2, 0) is 4.74 Å².